The molecule has 0 unspecified atom stereocenters. The second-order valence-corrected chi connectivity index (χ2v) is 7.15. The minimum absolute atomic E-state index is 0.181. The zero-order chi connectivity index (χ0) is 8.60. The summed E-state index contributed by atoms with van der Waals surface area (Å²) in [5, 5.41) is 12.0. The van der Waals surface area contributed by atoms with E-state index in [0.717, 1.165) is 26.2 Å². The van der Waals surface area contributed by atoms with Crippen molar-refractivity contribution < 1.29 is 5.11 Å². The van der Waals surface area contributed by atoms with Crippen molar-refractivity contribution >= 4 is 18.3 Å². The van der Waals surface area contributed by atoms with Gasteiger partial charge in [0.05, 0.1) is 6.61 Å². The molecular weight excluding hydrogens is 193 g/mol. The summed E-state index contributed by atoms with van der Waals surface area (Å²) in [4.78, 5) is 0. The van der Waals surface area contributed by atoms with Crippen LogP contribution < -0.4 is 5.09 Å². The van der Waals surface area contributed by atoms with Crippen LogP contribution in [0, 0.1) is 0 Å². The molecule has 0 atom stereocenters. The Balaban J connectivity index is 1.95. The van der Waals surface area contributed by atoms with Gasteiger partial charge in [0.25, 0.3) is 0 Å². The van der Waals surface area contributed by atoms with Crippen LogP contribution in [-0.2, 0) is 11.8 Å². The molecule has 4 nitrogen and oxygen atoms in total. The Morgan fingerprint density at radius 3 is 2.08 bits per heavy atom. The van der Waals surface area contributed by atoms with E-state index in [4.69, 9.17) is 16.9 Å². The summed E-state index contributed by atoms with van der Waals surface area (Å²) in [7, 11) is 0. The second-order valence-electron chi connectivity index (χ2n) is 3.08. The van der Waals surface area contributed by atoms with Gasteiger partial charge in [-0.15, -0.1) is 0 Å². The summed E-state index contributed by atoms with van der Waals surface area (Å²) < 4.78 is 4.62. The van der Waals surface area contributed by atoms with Crippen molar-refractivity contribution in [1.82, 2.24) is 14.4 Å². The van der Waals surface area contributed by atoms with Crippen molar-refractivity contribution in [3.8, 4) is 0 Å². The van der Waals surface area contributed by atoms with Crippen molar-refractivity contribution in [3.63, 3.8) is 0 Å². The Kier molecular flexibility index (Phi) is 2.51. The van der Waals surface area contributed by atoms with Gasteiger partial charge >= 0.3 is 0 Å². The van der Waals surface area contributed by atoms with Gasteiger partial charge in [-0.05, 0) is 11.8 Å². The summed E-state index contributed by atoms with van der Waals surface area (Å²) in [5.74, 6) is 0. The van der Waals surface area contributed by atoms with Crippen LogP contribution in [-0.4, -0.2) is 53.8 Å². The average Bonchev–Trinajstić information content (AvgIpc) is 2.92. The third kappa shape index (κ3) is 1.71. The first-order valence-corrected chi connectivity index (χ1v) is 6.95. The first-order valence-electron chi connectivity index (χ1n) is 4.24. The number of hydrogen-bond donors (Lipinski definition) is 2. The second kappa shape index (κ2) is 3.33. The van der Waals surface area contributed by atoms with Crippen LogP contribution in [0.1, 0.15) is 0 Å². The third-order valence-corrected chi connectivity index (χ3v) is 6.79. The zero-order valence-corrected chi connectivity index (χ0v) is 8.65. The van der Waals surface area contributed by atoms with Gasteiger partial charge in [0.2, 0.25) is 0 Å². The summed E-state index contributed by atoms with van der Waals surface area (Å²) in [6, 6.07) is 0. The molecule has 0 aromatic rings. The van der Waals surface area contributed by atoms with Gasteiger partial charge in [-0.2, -0.15) is 0 Å². The van der Waals surface area contributed by atoms with E-state index in [2.05, 4.69) is 14.4 Å². The Morgan fingerprint density at radius 1 is 1.25 bits per heavy atom. The van der Waals surface area contributed by atoms with Crippen molar-refractivity contribution in [1.29, 1.82) is 0 Å². The topological polar surface area (TPSA) is 38.3 Å². The lowest BCUT2D eigenvalue weighted by atomic mass is 10.8. The maximum atomic E-state index is 8.71. The molecule has 0 bridgehead atoms. The molecule has 2 aliphatic rings. The fraction of sp³-hybridized carbons (Fsp3) is 1.00. The molecule has 0 spiro atoms. The van der Waals surface area contributed by atoms with Gasteiger partial charge in [-0.25, -0.2) is 9.34 Å². The van der Waals surface area contributed by atoms with Crippen LogP contribution in [0.5, 0.6) is 0 Å². The highest BCUT2D eigenvalue weighted by Gasteiger charge is 2.43. The van der Waals surface area contributed by atoms with Gasteiger partial charge in [0.1, 0.15) is 6.49 Å². The molecule has 0 aromatic heterocycles. The van der Waals surface area contributed by atoms with E-state index in [9.17, 15) is 0 Å². The van der Waals surface area contributed by atoms with E-state index >= 15 is 0 Å². The molecule has 2 heterocycles. The van der Waals surface area contributed by atoms with E-state index in [0.29, 0.717) is 6.54 Å². The predicted molar refractivity (Wildman–Crippen MR) is 52.5 cm³/mol. The van der Waals surface area contributed by atoms with Gasteiger partial charge in [-0.3, -0.25) is 5.09 Å². The molecule has 0 saturated carbocycles. The van der Waals surface area contributed by atoms with Gasteiger partial charge in [0, 0.05) is 32.7 Å². The molecule has 2 N–H and O–H groups in total. The number of rotatable bonds is 5. The number of nitrogens with one attached hydrogen (secondary N) is 1. The molecule has 2 fully saturated rings. The SMILES string of the molecule is OCCNP(=S)(N1CC1)N1CC1. The molecule has 70 valence electrons. The molecule has 2 aliphatic heterocycles. The largest absolute Gasteiger partial charge is 0.395 e. The van der Waals surface area contributed by atoms with Crippen LogP contribution >= 0.6 is 6.49 Å². The highest BCUT2D eigenvalue weighted by Crippen LogP contribution is 2.56. The first-order chi connectivity index (χ1) is 5.77. The lowest BCUT2D eigenvalue weighted by Gasteiger charge is -2.24. The first kappa shape index (κ1) is 9.06. The molecule has 0 radical (unpaired) electrons. The van der Waals surface area contributed by atoms with E-state index in [1.807, 2.05) is 0 Å². The van der Waals surface area contributed by atoms with Crippen molar-refractivity contribution in [3.05, 3.63) is 0 Å². The van der Waals surface area contributed by atoms with E-state index < -0.39 is 6.49 Å². The summed E-state index contributed by atoms with van der Waals surface area (Å²) in [6.07, 6.45) is 0. The number of nitrogens with zero attached hydrogens (tertiary/aromatic N) is 2. The number of aliphatic hydroxyl groups is 1. The fourth-order valence-electron chi connectivity index (χ4n) is 1.21. The minimum Gasteiger partial charge on any atom is -0.395 e. The normalized spacial score (nSPS) is 24.4. The standard InChI is InChI=1S/C6H14N3OPS/c10-6-1-7-11(12,8-2-3-8)9-4-5-9/h10H,1-6H2,(H,7,12). The zero-order valence-electron chi connectivity index (χ0n) is 6.94. The smallest absolute Gasteiger partial charge is 0.143 e. The molecule has 12 heavy (non-hydrogen) atoms. The number of hydrogen-bond acceptors (Lipinski definition) is 2. The maximum Gasteiger partial charge on any atom is 0.143 e. The van der Waals surface area contributed by atoms with Crippen LogP contribution in [0.25, 0.3) is 0 Å². The summed E-state index contributed by atoms with van der Waals surface area (Å²) in [5.41, 5.74) is 0. The molecule has 0 aliphatic carbocycles. The van der Waals surface area contributed by atoms with E-state index in [1.54, 1.807) is 0 Å². The van der Waals surface area contributed by atoms with Crippen LogP contribution in [0.4, 0.5) is 0 Å². The van der Waals surface area contributed by atoms with Crippen LogP contribution in [0.2, 0.25) is 0 Å². The highest BCUT2D eigenvalue weighted by molar-refractivity contribution is 8.11. The lowest BCUT2D eigenvalue weighted by molar-refractivity contribution is 0.301. The fourth-order valence-corrected chi connectivity index (χ4v) is 4.87. The number of aliphatic hydroxyl groups excluding tert-OH is 1. The molecule has 6 heteroatoms. The average molecular weight is 207 g/mol. The third-order valence-electron chi connectivity index (χ3n) is 2.04. The summed E-state index contributed by atoms with van der Waals surface area (Å²) in [6.45, 7) is 3.77. The van der Waals surface area contributed by atoms with Crippen LogP contribution in [0.15, 0.2) is 0 Å². The maximum absolute atomic E-state index is 8.71. The predicted octanol–water partition coefficient (Wildman–Crippen LogP) is -0.576. The monoisotopic (exact) mass is 207 g/mol. The quantitative estimate of drug-likeness (QED) is 0.466. The molecule has 2 saturated heterocycles. The van der Waals surface area contributed by atoms with Crippen molar-refractivity contribution in [2.75, 3.05) is 39.3 Å². The molecule has 2 rings (SSSR count). The Morgan fingerprint density at radius 2 is 1.75 bits per heavy atom. The Labute approximate surface area is 77.7 Å². The molecule has 0 amide bonds. The lowest BCUT2D eigenvalue weighted by Crippen LogP contribution is -2.23. The Hall–Kier alpha value is 0.490. The van der Waals surface area contributed by atoms with Gasteiger partial charge in [0.15, 0.2) is 0 Å². The van der Waals surface area contributed by atoms with Crippen molar-refractivity contribution in [2.45, 2.75) is 0 Å². The van der Waals surface area contributed by atoms with Crippen molar-refractivity contribution in [2.24, 2.45) is 0 Å². The van der Waals surface area contributed by atoms with E-state index in [1.165, 1.54) is 0 Å². The van der Waals surface area contributed by atoms with E-state index in [-0.39, 0.29) is 6.61 Å². The van der Waals surface area contributed by atoms with Gasteiger partial charge in [-0.1, -0.05) is 0 Å². The van der Waals surface area contributed by atoms with Gasteiger partial charge < -0.3 is 5.11 Å². The highest BCUT2D eigenvalue weighted by atomic mass is 32.4. The Bertz CT molecular complexity index is 201. The molecule has 0 aromatic carbocycles. The van der Waals surface area contributed by atoms with Crippen LogP contribution in [0.3, 0.4) is 0 Å². The summed E-state index contributed by atoms with van der Waals surface area (Å²) >= 11 is 5.58. The molecular formula is C6H14N3OPS. The minimum atomic E-state index is -1.57.